The first-order valence-corrected chi connectivity index (χ1v) is 11.9. The third-order valence-electron chi connectivity index (χ3n) is 4.77. The van der Waals surface area contributed by atoms with Crippen LogP contribution in [-0.2, 0) is 21.4 Å². The van der Waals surface area contributed by atoms with E-state index in [1.807, 2.05) is 11.5 Å². The summed E-state index contributed by atoms with van der Waals surface area (Å²) in [6.07, 6.45) is 2.82. The van der Waals surface area contributed by atoms with Gasteiger partial charge in [-0.05, 0) is 38.0 Å². The molecule has 0 spiro atoms. The van der Waals surface area contributed by atoms with E-state index in [0.717, 1.165) is 24.8 Å². The number of hydrogen-bond donors (Lipinski definition) is 2. The summed E-state index contributed by atoms with van der Waals surface area (Å²) < 4.78 is 29.3. The molecule has 3 amide bonds. The minimum Gasteiger partial charge on any atom is -0.341 e. The maximum atomic E-state index is 12.9. The number of imide groups is 1. The Morgan fingerprint density at radius 2 is 1.93 bits per heavy atom. The van der Waals surface area contributed by atoms with Gasteiger partial charge in [0.15, 0.2) is 5.16 Å². The average Bonchev–Trinajstić information content (AvgIpc) is 3.09. The molecule has 1 saturated heterocycles. The average molecular weight is 440 g/mol. The van der Waals surface area contributed by atoms with Crippen LogP contribution in [0.5, 0.6) is 0 Å². The van der Waals surface area contributed by atoms with E-state index < -0.39 is 22.0 Å². The Morgan fingerprint density at radius 3 is 2.59 bits per heavy atom. The van der Waals surface area contributed by atoms with Crippen molar-refractivity contribution in [2.24, 2.45) is 0 Å². The van der Waals surface area contributed by atoms with Crippen LogP contribution in [0, 0.1) is 0 Å². The maximum Gasteiger partial charge on any atom is 0.321 e. The third kappa shape index (κ3) is 4.73. The van der Waals surface area contributed by atoms with Gasteiger partial charge in [0.05, 0.1) is 21.7 Å². The quantitative estimate of drug-likeness (QED) is 0.664. The van der Waals surface area contributed by atoms with Crippen LogP contribution in [-0.4, -0.2) is 60.1 Å². The molecule has 1 aromatic carbocycles. The summed E-state index contributed by atoms with van der Waals surface area (Å²) in [7, 11) is -2.10. The normalized spacial score (nSPS) is 15.4. The van der Waals surface area contributed by atoms with Crippen LogP contribution in [0.25, 0.3) is 11.0 Å². The molecule has 1 aliphatic rings. The molecule has 2 N–H and O–H groups in total. The number of piperidine rings is 1. The van der Waals surface area contributed by atoms with Crippen LogP contribution < -0.4 is 10.6 Å². The number of rotatable bonds is 6. The van der Waals surface area contributed by atoms with Gasteiger partial charge in [-0.1, -0.05) is 18.2 Å². The number of fused-ring (bicyclic) bond motifs is 1. The number of aryl methyl sites for hydroxylation is 1. The molecule has 0 atom stereocenters. The van der Waals surface area contributed by atoms with E-state index in [4.69, 9.17) is 0 Å². The van der Waals surface area contributed by atoms with Gasteiger partial charge < -0.3 is 9.88 Å². The Balaban J connectivity index is 1.84. The summed E-state index contributed by atoms with van der Waals surface area (Å²) in [6.45, 7) is 3.67. The van der Waals surface area contributed by atoms with Crippen molar-refractivity contribution in [2.75, 3.05) is 25.9 Å². The van der Waals surface area contributed by atoms with Gasteiger partial charge in [0.2, 0.25) is 15.9 Å². The van der Waals surface area contributed by atoms with Gasteiger partial charge in [0.1, 0.15) is 0 Å². The van der Waals surface area contributed by atoms with E-state index in [2.05, 4.69) is 15.6 Å². The fourth-order valence-electron chi connectivity index (χ4n) is 3.27. The molecule has 11 heteroatoms. The molecule has 2 aromatic rings. The first-order chi connectivity index (χ1) is 13.9. The number of urea groups is 1. The Bertz CT molecular complexity index is 1010. The number of carbonyl (C=O) groups excluding carboxylic acids is 2. The summed E-state index contributed by atoms with van der Waals surface area (Å²) >= 11 is 1.20. The van der Waals surface area contributed by atoms with Gasteiger partial charge in [0, 0.05) is 26.7 Å². The monoisotopic (exact) mass is 439 g/mol. The predicted molar refractivity (Wildman–Crippen MR) is 111 cm³/mol. The molecule has 1 aliphatic heterocycles. The van der Waals surface area contributed by atoms with E-state index in [9.17, 15) is 18.0 Å². The number of amides is 3. The van der Waals surface area contributed by atoms with Crippen molar-refractivity contribution in [3.63, 3.8) is 0 Å². The van der Waals surface area contributed by atoms with Crippen molar-refractivity contribution >= 4 is 44.8 Å². The number of sulfonamides is 1. The first kappa shape index (κ1) is 21.6. The zero-order valence-corrected chi connectivity index (χ0v) is 18.1. The first-order valence-electron chi connectivity index (χ1n) is 9.51. The largest absolute Gasteiger partial charge is 0.341 e. The molecular formula is C18H25N5O4S2. The molecule has 0 aliphatic carbocycles. The number of thioether (sulfide) groups is 1. The lowest BCUT2D eigenvalue weighted by molar-refractivity contribution is -0.117. The van der Waals surface area contributed by atoms with Crippen LogP contribution in [0.4, 0.5) is 4.79 Å². The SMILES string of the molecule is CCn1c(SCC(=O)NC(=O)NC)nc2cc(S(=O)(=O)N3CCCCC3)ccc21. The molecule has 29 heavy (non-hydrogen) atoms. The van der Waals surface area contributed by atoms with Crippen molar-refractivity contribution < 1.29 is 18.0 Å². The summed E-state index contributed by atoms with van der Waals surface area (Å²) in [5.74, 6) is -0.409. The van der Waals surface area contributed by atoms with Gasteiger partial charge in [0.25, 0.3) is 0 Å². The summed E-state index contributed by atoms with van der Waals surface area (Å²) in [5.41, 5.74) is 1.37. The highest BCUT2D eigenvalue weighted by Crippen LogP contribution is 2.28. The van der Waals surface area contributed by atoms with Crippen molar-refractivity contribution in [2.45, 2.75) is 42.8 Å². The predicted octanol–water partition coefficient (Wildman–Crippen LogP) is 1.78. The standard InChI is InChI=1S/C18H25N5O4S2/c1-3-23-15-8-7-13(29(26,27)22-9-5-4-6-10-22)11-14(15)20-18(23)28-12-16(24)21-17(25)19-2/h7-8,11H,3-6,9-10,12H2,1-2H3,(H2,19,21,24,25). The van der Waals surface area contributed by atoms with Crippen molar-refractivity contribution in [3.05, 3.63) is 18.2 Å². The summed E-state index contributed by atoms with van der Waals surface area (Å²) in [6, 6.07) is 4.41. The zero-order valence-electron chi connectivity index (χ0n) is 16.5. The Labute approximate surface area is 174 Å². The van der Waals surface area contributed by atoms with Gasteiger partial charge in [-0.15, -0.1) is 0 Å². The Hall–Kier alpha value is -2.11. The second kappa shape index (κ2) is 9.14. The molecule has 0 radical (unpaired) electrons. The minimum atomic E-state index is -3.54. The fraction of sp³-hybridized carbons (Fsp3) is 0.500. The summed E-state index contributed by atoms with van der Waals surface area (Å²) in [4.78, 5) is 27.8. The molecule has 9 nitrogen and oxygen atoms in total. The molecule has 0 unspecified atom stereocenters. The highest BCUT2D eigenvalue weighted by Gasteiger charge is 2.26. The molecular weight excluding hydrogens is 414 g/mol. The maximum absolute atomic E-state index is 12.9. The van der Waals surface area contributed by atoms with Gasteiger partial charge in [-0.2, -0.15) is 4.31 Å². The molecule has 0 saturated carbocycles. The highest BCUT2D eigenvalue weighted by molar-refractivity contribution is 7.99. The molecule has 3 rings (SSSR count). The molecule has 158 valence electrons. The van der Waals surface area contributed by atoms with E-state index >= 15 is 0 Å². The highest BCUT2D eigenvalue weighted by atomic mass is 32.2. The topological polar surface area (TPSA) is 113 Å². The second-order valence-corrected chi connectivity index (χ2v) is 9.55. The van der Waals surface area contributed by atoms with E-state index in [-0.39, 0.29) is 10.6 Å². The molecule has 1 fully saturated rings. The summed E-state index contributed by atoms with van der Waals surface area (Å²) in [5, 5.41) is 5.13. The molecule has 0 bridgehead atoms. The minimum absolute atomic E-state index is 0.0235. The lowest BCUT2D eigenvalue weighted by Gasteiger charge is -2.25. The van der Waals surface area contributed by atoms with Crippen LogP contribution in [0.2, 0.25) is 0 Å². The Morgan fingerprint density at radius 1 is 1.21 bits per heavy atom. The third-order valence-corrected chi connectivity index (χ3v) is 7.64. The zero-order chi connectivity index (χ0) is 21.0. The lowest BCUT2D eigenvalue weighted by Crippen LogP contribution is -2.38. The smallest absolute Gasteiger partial charge is 0.321 e. The number of imidazole rings is 1. The van der Waals surface area contributed by atoms with Crippen molar-refractivity contribution in [3.8, 4) is 0 Å². The van der Waals surface area contributed by atoms with Gasteiger partial charge >= 0.3 is 6.03 Å². The van der Waals surface area contributed by atoms with Crippen molar-refractivity contribution in [1.29, 1.82) is 0 Å². The number of aromatic nitrogens is 2. The van der Waals surface area contributed by atoms with E-state index in [1.165, 1.54) is 23.1 Å². The van der Waals surface area contributed by atoms with Gasteiger partial charge in [-0.25, -0.2) is 18.2 Å². The number of nitrogens with one attached hydrogen (secondary N) is 2. The van der Waals surface area contributed by atoms with Crippen LogP contribution in [0.3, 0.4) is 0 Å². The fourth-order valence-corrected chi connectivity index (χ4v) is 5.69. The van der Waals surface area contributed by atoms with E-state index in [0.29, 0.717) is 30.3 Å². The number of carbonyl (C=O) groups is 2. The molecule has 1 aromatic heterocycles. The molecule has 2 heterocycles. The van der Waals surface area contributed by atoms with Crippen LogP contribution >= 0.6 is 11.8 Å². The lowest BCUT2D eigenvalue weighted by atomic mass is 10.2. The second-order valence-electron chi connectivity index (χ2n) is 6.67. The number of hydrogen-bond acceptors (Lipinski definition) is 6. The van der Waals surface area contributed by atoms with Crippen LogP contribution in [0.1, 0.15) is 26.2 Å². The van der Waals surface area contributed by atoms with Crippen molar-refractivity contribution in [1.82, 2.24) is 24.5 Å². The Kier molecular flexibility index (Phi) is 6.81. The van der Waals surface area contributed by atoms with Crippen LogP contribution in [0.15, 0.2) is 28.3 Å². The number of benzene rings is 1. The van der Waals surface area contributed by atoms with E-state index in [1.54, 1.807) is 18.2 Å². The number of nitrogens with zero attached hydrogens (tertiary/aromatic N) is 3. The van der Waals surface area contributed by atoms with Gasteiger partial charge in [-0.3, -0.25) is 10.1 Å².